The topological polar surface area (TPSA) is 37.4 Å². The minimum atomic E-state index is -0.145. The van der Waals surface area contributed by atoms with E-state index in [1.165, 1.54) is 4.31 Å². The van der Waals surface area contributed by atoms with Crippen LogP contribution in [0, 0.1) is 0 Å². The predicted octanol–water partition coefficient (Wildman–Crippen LogP) is 2.15. The number of hydrogen-bond donors (Lipinski definition) is 0. The molecule has 0 spiro atoms. The summed E-state index contributed by atoms with van der Waals surface area (Å²) in [7, 11) is 0. The molecule has 0 aliphatic carbocycles. The van der Waals surface area contributed by atoms with Gasteiger partial charge in [0.05, 0.1) is 6.54 Å². The summed E-state index contributed by atoms with van der Waals surface area (Å²) in [5.74, 6) is -0.145. The molecule has 0 aromatic heterocycles. The Kier molecular flexibility index (Phi) is 3.10. The number of benzene rings is 1. The van der Waals surface area contributed by atoms with Crippen molar-refractivity contribution in [1.29, 1.82) is 0 Å². The van der Waals surface area contributed by atoms with Gasteiger partial charge in [0, 0.05) is 23.9 Å². The molecule has 1 fully saturated rings. The Labute approximate surface area is 98.3 Å². The van der Waals surface area contributed by atoms with Crippen LogP contribution in [0.3, 0.4) is 0 Å². The van der Waals surface area contributed by atoms with Crippen molar-refractivity contribution in [1.82, 2.24) is 4.31 Å². The fourth-order valence-electron chi connectivity index (χ4n) is 1.48. The molecule has 16 heavy (non-hydrogen) atoms. The molecular formula is C12H11NO2S. The van der Waals surface area contributed by atoms with E-state index in [0.717, 1.165) is 17.5 Å². The van der Waals surface area contributed by atoms with E-state index < -0.39 is 0 Å². The Bertz CT molecular complexity index is 442. The van der Waals surface area contributed by atoms with Crippen molar-refractivity contribution in [2.75, 3.05) is 0 Å². The molecule has 4 heteroatoms. The molecule has 0 radical (unpaired) electrons. The van der Waals surface area contributed by atoms with E-state index >= 15 is 0 Å². The van der Waals surface area contributed by atoms with Crippen LogP contribution in [0.1, 0.15) is 12.0 Å². The molecule has 3 nitrogen and oxygen atoms in total. The average Bonchev–Trinajstić information content (AvgIpc) is 2.27. The summed E-state index contributed by atoms with van der Waals surface area (Å²) in [6.07, 6.45) is 0.161. The van der Waals surface area contributed by atoms with Crippen LogP contribution in [0.2, 0.25) is 0 Å². The summed E-state index contributed by atoms with van der Waals surface area (Å²) in [5.41, 5.74) is 1.38. The van der Waals surface area contributed by atoms with Crippen LogP contribution in [0.15, 0.2) is 42.5 Å². The fraction of sp³-hybridized carbons (Fsp3) is 0.167. The van der Waals surface area contributed by atoms with Gasteiger partial charge in [0.1, 0.15) is 0 Å². The molecule has 0 N–H and O–H groups in total. The van der Waals surface area contributed by atoms with Gasteiger partial charge in [-0.25, -0.2) is 0 Å². The fourth-order valence-corrected chi connectivity index (χ4v) is 2.39. The van der Waals surface area contributed by atoms with E-state index in [-0.39, 0.29) is 17.4 Å². The van der Waals surface area contributed by atoms with E-state index in [9.17, 15) is 9.59 Å². The van der Waals surface area contributed by atoms with Gasteiger partial charge in [-0.05, 0) is 5.56 Å². The normalized spacial score (nSPS) is 16.8. The monoisotopic (exact) mass is 233 g/mol. The van der Waals surface area contributed by atoms with Crippen molar-refractivity contribution in [3.05, 3.63) is 48.0 Å². The zero-order chi connectivity index (χ0) is 11.5. The number of carbonyl (C=O) groups excluding carboxylic acids is 2. The van der Waals surface area contributed by atoms with Crippen molar-refractivity contribution in [2.24, 2.45) is 0 Å². The lowest BCUT2D eigenvalue weighted by Gasteiger charge is -2.25. The third-order valence-electron chi connectivity index (χ3n) is 2.27. The Morgan fingerprint density at radius 1 is 1.25 bits per heavy atom. The highest BCUT2D eigenvalue weighted by atomic mass is 32.2. The van der Waals surface area contributed by atoms with Crippen LogP contribution < -0.4 is 0 Å². The molecule has 1 aromatic rings. The van der Waals surface area contributed by atoms with Crippen LogP contribution in [-0.4, -0.2) is 15.3 Å². The molecule has 1 heterocycles. The highest BCUT2D eigenvalue weighted by Crippen LogP contribution is 2.27. The van der Waals surface area contributed by atoms with Crippen LogP contribution in [0.25, 0.3) is 0 Å². The molecule has 1 aliphatic heterocycles. The van der Waals surface area contributed by atoms with Crippen LogP contribution in [-0.2, 0) is 16.1 Å². The summed E-state index contributed by atoms with van der Waals surface area (Å²) in [5, 5.41) is -0.0273. The number of hydrogen-bond acceptors (Lipinski definition) is 3. The van der Waals surface area contributed by atoms with Crippen molar-refractivity contribution in [2.45, 2.75) is 13.0 Å². The number of rotatable bonds is 2. The Balaban J connectivity index is 2.12. The van der Waals surface area contributed by atoms with Gasteiger partial charge >= 0.3 is 0 Å². The van der Waals surface area contributed by atoms with Crippen LogP contribution >= 0.6 is 11.9 Å². The first kappa shape index (κ1) is 11.0. The highest BCUT2D eigenvalue weighted by molar-refractivity contribution is 8.12. The second kappa shape index (κ2) is 4.53. The third kappa shape index (κ3) is 2.33. The lowest BCUT2D eigenvalue weighted by molar-refractivity contribution is -0.125. The van der Waals surface area contributed by atoms with Crippen molar-refractivity contribution >= 4 is 23.0 Å². The first-order valence-corrected chi connectivity index (χ1v) is 5.68. The second-order valence-corrected chi connectivity index (χ2v) is 4.65. The average molecular weight is 233 g/mol. The SMILES string of the molecule is C=C1CC(=O)SN(Cc2ccccc2)C1=O. The summed E-state index contributed by atoms with van der Waals surface area (Å²) in [6, 6.07) is 9.58. The van der Waals surface area contributed by atoms with Crippen LogP contribution in [0.5, 0.6) is 0 Å². The predicted molar refractivity (Wildman–Crippen MR) is 63.3 cm³/mol. The Morgan fingerprint density at radius 2 is 1.94 bits per heavy atom. The van der Waals surface area contributed by atoms with Crippen molar-refractivity contribution in [3.8, 4) is 0 Å². The lowest BCUT2D eigenvalue weighted by atomic mass is 10.2. The molecule has 2 rings (SSSR count). The number of carbonyl (C=O) groups is 2. The number of nitrogens with zero attached hydrogens (tertiary/aromatic N) is 1. The molecule has 0 bridgehead atoms. The quantitative estimate of drug-likeness (QED) is 0.580. The maximum Gasteiger partial charge on any atom is 0.260 e. The summed E-state index contributed by atoms with van der Waals surface area (Å²) in [6.45, 7) is 4.05. The van der Waals surface area contributed by atoms with Gasteiger partial charge in [-0.2, -0.15) is 0 Å². The van der Waals surface area contributed by atoms with E-state index in [0.29, 0.717) is 12.1 Å². The molecule has 0 unspecified atom stereocenters. The molecule has 1 amide bonds. The third-order valence-corrected chi connectivity index (χ3v) is 3.13. The van der Waals surface area contributed by atoms with Gasteiger partial charge < -0.3 is 0 Å². The minimum absolute atomic E-state index is 0.0273. The molecular weight excluding hydrogens is 222 g/mol. The van der Waals surface area contributed by atoms with Gasteiger partial charge in [0.15, 0.2) is 0 Å². The summed E-state index contributed by atoms with van der Waals surface area (Å²) >= 11 is 0.977. The largest absolute Gasteiger partial charge is 0.285 e. The number of amides is 1. The molecule has 82 valence electrons. The lowest BCUT2D eigenvalue weighted by Crippen LogP contribution is -2.31. The van der Waals surface area contributed by atoms with Gasteiger partial charge in [0.25, 0.3) is 5.91 Å². The Hall–Kier alpha value is -1.55. The molecule has 1 aliphatic rings. The molecule has 0 atom stereocenters. The molecule has 1 saturated heterocycles. The summed E-state index contributed by atoms with van der Waals surface area (Å²) in [4.78, 5) is 23.1. The van der Waals surface area contributed by atoms with Gasteiger partial charge in [-0.15, -0.1) is 0 Å². The first-order chi connectivity index (χ1) is 7.66. The van der Waals surface area contributed by atoms with Crippen LogP contribution in [0.4, 0.5) is 0 Å². The maximum absolute atomic E-state index is 11.7. The summed E-state index contributed by atoms with van der Waals surface area (Å²) < 4.78 is 1.46. The van der Waals surface area contributed by atoms with E-state index in [1.807, 2.05) is 30.3 Å². The molecule has 1 aromatic carbocycles. The minimum Gasteiger partial charge on any atom is -0.285 e. The Morgan fingerprint density at radius 3 is 2.62 bits per heavy atom. The smallest absolute Gasteiger partial charge is 0.260 e. The van der Waals surface area contributed by atoms with Gasteiger partial charge in [0.2, 0.25) is 5.12 Å². The van der Waals surface area contributed by atoms with Crippen molar-refractivity contribution in [3.63, 3.8) is 0 Å². The van der Waals surface area contributed by atoms with Gasteiger partial charge in [-0.1, -0.05) is 36.9 Å². The second-order valence-electron chi connectivity index (χ2n) is 3.57. The molecule has 0 saturated carbocycles. The van der Waals surface area contributed by atoms with Gasteiger partial charge in [-0.3, -0.25) is 13.9 Å². The standard InChI is InChI=1S/C12H11NO2S/c1-9-7-11(14)16-13(12(9)15)8-10-5-3-2-4-6-10/h2-6H,1,7-8H2. The van der Waals surface area contributed by atoms with Crippen molar-refractivity contribution < 1.29 is 9.59 Å². The first-order valence-electron chi connectivity index (χ1n) is 4.91. The zero-order valence-corrected chi connectivity index (χ0v) is 9.50. The van der Waals surface area contributed by atoms with E-state index in [2.05, 4.69) is 6.58 Å². The zero-order valence-electron chi connectivity index (χ0n) is 8.68. The maximum atomic E-state index is 11.7. The highest BCUT2D eigenvalue weighted by Gasteiger charge is 2.28. The van der Waals surface area contributed by atoms with E-state index in [4.69, 9.17) is 0 Å². The van der Waals surface area contributed by atoms with E-state index in [1.54, 1.807) is 0 Å².